The van der Waals surface area contributed by atoms with Crippen LogP contribution in [0.15, 0.2) is 0 Å². The van der Waals surface area contributed by atoms with Gasteiger partial charge in [0.15, 0.2) is 0 Å². The number of aliphatic hydroxyl groups is 1. The van der Waals surface area contributed by atoms with Crippen molar-refractivity contribution < 1.29 is 15.0 Å². The van der Waals surface area contributed by atoms with Crippen LogP contribution in [0.2, 0.25) is 0 Å². The summed E-state index contributed by atoms with van der Waals surface area (Å²) in [5, 5.41) is 19.1. The maximum absolute atomic E-state index is 9.92. The third-order valence-corrected chi connectivity index (χ3v) is 1.44. The van der Waals surface area contributed by atoms with E-state index in [1.54, 1.807) is 0 Å². The smallest absolute Gasteiger partial charge is 0.404 e. The molecule has 0 saturated heterocycles. The van der Waals surface area contributed by atoms with Crippen LogP contribution >= 0.6 is 0 Å². The van der Waals surface area contributed by atoms with Gasteiger partial charge in [-0.15, -0.1) is 0 Å². The molecule has 0 atom stereocenters. The molecule has 1 aliphatic rings. The predicted octanol–water partition coefficient (Wildman–Crippen LogP) is -0.223. The van der Waals surface area contributed by atoms with E-state index in [0.29, 0.717) is 12.8 Å². The van der Waals surface area contributed by atoms with Gasteiger partial charge < -0.3 is 15.5 Å². The molecule has 1 amide bonds. The summed E-state index contributed by atoms with van der Waals surface area (Å²) in [7, 11) is 0. The molecule has 1 saturated carbocycles. The molecular formula is C5H9NO3. The molecule has 0 heterocycles. The van der Waals surface area contributed by atoms with Crippen molar-refractivity contribution in [3.63, 3.8) is 0 Å². The molecule has 0 bridgehead atoms. The van der Waals surface area contributed by atoms with Crippen molar-refractivity contribution in [1.29, 1.82) is 0 Å². The summed E-state index contributed by atoms with van der Waals surface area (Å²) < 4.78 is 0. The summed E-state index contributed by atoms with van der Waals surface area (Å²) in [6.45, 7) is 0. The molecule has 1 fully saturated rings. The van der Waals surface area contributed by atoms with Crippen LogP contribution in [0.25, 0.3) is 0 Å². The second-order valence-corrected chi connectivity index (χ2v) is 2.27. The van der Waals surface area contributed by atoms with Gasteiger partial charge in [-0.3, -0.25) is 0 Å². The van der Waals surface area contributed by atoms with Gasteiger partial charge in [0.05, 0.1) is 6.10 Å². The molecule has 0 spiro atoms. The maximum atomic E-state index is 9.92. The van der Waals surface area contributed by atoms with Gasteiger partial charge >= 0.3 is 6.09 Å². The van der Waals surface area contributed by atoms with Gasteiger partial charge in [0.1, 0.15) is 0 Å². The third kappa shape index (κ3) is 1.57. The van der Waals surface area contributed by atoms with E-state index >= 15 is 0 Å². The number of hydrogen-bond acceptors (Lipinski definition) is 2. The predicted molar refractivity (Wildman–Crippen MR) is 30.2 cm³/mol. The number of rotatable bonds is 1. The number of carbonyl (C=O) groups is 1. The topological polar surface area (TPSA) is 69.6 Å². The largest absolute Gasteiger partial charge is 0.465 e. The average molecular weight is 131 g/mol. The van der Waals surface area contributed by atoms with Gasteiger partial charge in [-0.1, -0.05) is 0 Å². The van der Waals surface area contributed by atoms with E-state index in [4.69, 9.17) is 10.2 Å². The number of nitrogens with one attached hydrogen (secondary N) is 1. The van der Waals surface area contributed by atoms with Gasteiger partial charge in [-0.05, 0) is 12.8 Å². The Balaban J connectivity index is 2.11. The molecular weight excluding hydrogens is 122 g/mol. The van der Waals surface area contributed by atoms with E-state index in [0.717, 1.165) is 0 Å². The van der Waals surface area contributed by atoms with E-state index in [1.165, 1.54) is 0 Å². The van der Waals surface area contributed by atoms with Crippen molar-refractivity contribution in [2.45, 2.75) is 25.0 Å². The molecule has 0 unspecified atom stereocenters. The van der Waals surface area contributed by atoms with Crippen molar-refractivity contribution in [3.8, 4) is 0 Å². The fourth-order valence-corrected chi connectivity index (χ4v) is 0.880. The van der Waals surface area contributed by atoms with Crippen molar-refractivity contribution >= 4 is 6.09 Å². The van der Waals surface area contributed by atoms with Gasteiger partial charge in [-0.2, -0.15) is 0 Å². The van der Waals surface area contributed by atoms with E-state index in [9.17, 15) is 4.79 Å². The fraction of sp³-hybridized carbons (Fsp3) is 0.800. The first kappa shape index (κ1) is 6.35. The third-order valence-electron chi connectivity index (χ3n) is 1.44. The Labute approximate surface area is 52.5 Å². The molecule has 0 aromatic rings. The lowest BCUT2D eigenvalue weighted by Crippen LogP contribution is -2.46. The van der Waals surface area contributed by atoms with Crippen molar-refractivity contribution in [1.82, 2.24) is 5.32 Å². The van der Waals surface area contributed by atoms with Crippen molar-refractivity contribution in [2.75, 3.05) is 0 Å². The van der Waals surface area contributed by atoms with Gasteiger partial charge in [0.2, 0.25) is 0 Å². The zero-order valence-electron chi connectivity index (χ0n) is 4.87. The lowest BCUT2D eigenvalue weighted by Gasteiger charge is -2.30. The van der Waals surface area contributed by atoms with Gasteiger partial charge in [0.25, 0.3) is 0 Å². The monoisotopic (exact) mass is 131 g/mol. The first-order valence-electron chi connectivity index (χ1n) is 2.86. The molecule has 4 nitrogen and oxygen atoms in total. The Morgan fingerprint density at radius 1 is 1.56 bits per heavy atom. The summed E-state index contributed by atoms with van der Waals surface area (Å²) in [5.74, 6) is 0. The average Bonchev–Trinajstić information content (AvgIpc) is 1.60. The second kappa shape index (κ2) is 2.23. The van der Waals surface area contributed by atoms with Crippen molar-refractivity contribution in [2.24, 2.45) is 0 Å². The lowest BCUT2D eigenvalue weighted by molar-refractivity contribution is 0.0624. The zero-order valence-corrected chi connectivity index (χ0v) is 4.87. The fourth-order valence-electron chi connectivity index (χ4n) is 0.880. The van der Waals surface area contributed by atoms with E-state index in [2.05, 4.69) is 5.32 Å². The van der Waals surface area contributed by atoms with Gasteiger partial charge in [-0.25, -0.2) is 4.79 Å². The number of carboxylic acid groups (broad SMARTS) is 1. The molecule has 52 valence electrons. The number of aliphatic hydroxyl groups excluding tert-OH is 1. The van der Waals surface area contributed by atoms with Crippen LogP contribution in [0.1, 0.15) is 12.8 Å². The Kier molecular flexibility index (Phi) is 1.57. The minimum atomic E-state index is -1.01. The highest BCUT2D eigenvalue weighted by Crippen LogP contribution is 2.18. The lowest BCUT2D eigenvalue weighted by atomic mass is 9.90. The van der Waals surface area contributed by atoms with Crippen LogP contribution in [0.4, 0.5) is 4.79 Å². The van der Waals surface area contributed by atoms with Crippen LogP contribution in [0, 0.1) is 0 Å². The molecule has 0 aromatic heterocycles. The number of amides is 1. The summed E-state index contributed by atoms with van der Waals surface area (Å²) in [4.78, 5) is 9.92. The summed E-state index contributed by atoms with van der Waals surface area (Å²) >= 11 is 0. The highest BCUT2D eigenvalue weighted by Gasteiger charge is 2.27. The Hall–Kier alpha value is -0.770. The number of hydrogen-bond donors (Lipinski definition) is 3. The van der Waals surface area contributed by atoms with Crippen LogP contribution in [-0.2, 0) is 0 Å². The molecule has 1 rings (SSSR count). The standard InChI is InChI=1S/C5H9NO3/c7-4-1-3(2-4)6-5(8)9/h3-4,6-7H,1-2H2,(H,8,9)/t3-,4+. The zero-order chi connectivity index (χ0) is 6.85. The normalized spacial score (nSPS) is 33.0. The SMILES string of the molecule is O=C(O)N[C@H]1C[C@@H](O)C1. The Bertz CT molecular complexity index is 119. The Morgan fingerprint density at radius 3 is 2.44 bits per heavy atom. The Morgan fingerprint density at radius 2 is 2.11 bits per heavy atom. The van der Waals surface area contributed by atoms with E-state index in [-0.39, 0.29) is 12.1 Å². The van der Waals surface area contributed by atoms with Crippen molar-refractivity contribution in [3.05, 3.63) is 0 Å². The quantitative estimate of drug-likeness (QED) is 0.460. The molecule has 0 aromatic carbocycles. The summed E-state index contributed by atoms with van der Waals surface area (Å²) in [5.41, 5.74) is 0. The van der Waals surface area contributed by atoms with E-state index < -0.39 is 6.09 Å². The molecule has 0 radical (unpaired) electrons. The van der Waals surface area contributed by atoms with Crippen LogP contribution in [0.5, 0.6) is 0 Å². The molecule has 1 aliphatic carbocycles. The van der Waals surface area contributed by atoms with Crippen LogP contribution in [0.3, 0.4) is 0 Å². The van der Waals surface area contributed by atoms with Crippen LogP contribution in [-0.4, -0.2) is 28.5 Å². The second-order valence-electron chi connectivity index (χ2n) is 2.27. The summed E-state index contributed by atoms with van der Waals surface area (Å²) in [6, 6.07) is -0.0162. The first-order valence-corrected chi connectivity index (χ1v) is 2.86. The first-order chi connectivity index (χ1) is 4.18. The molecule has 0 aliphatic heterocycles. The van der Waals surface area contributed by atoms with Gasteiger partial charge in [0, 0.05) is 6.04 Å². The molecule has 9 heavy (non-hydrogen) atoms. The minimum Gasteiger partial charge on any atom is -0.465 e. The molecule has 4 heteroatoms. The minimum absolute atomic E-state index is 0.0162. The highest BCUT2D eigenvalue weighted by molar-refractivity contribution is 5.65. The highest BCUT2D eigenvalue weighted by atomic mass is 16.4. The van der Waals surface area contributed by atoms with Crippen LogP contribution < -0.4 is 5.32 Å². The van der Waals surface area contributed by atoms with E-state index in [1.807, 2.05) is 0 Å². The summed E-state index contributed by atoms with van der Waals surface area (Å²) in [6.07, 6.45) is -0.174. The molecule has 3 N–H and O–H groups in total. The maximum Gasteiger partial charge on any atom is 0.404 e.